The molecule has 1 heterocycles. The number of benzene rings is 2. The average Bonchev–Trinajstić information content (AvgIpc) is 3.12. The summed E-state index contributed by atoms with van der Waals surface area (Å²) in [6.07, 6.45) is 0. The second-order valence-corrected chi connectivity index (χ2v) is 7.64. The van der Waals surface area contributed by atoms with E-state index in [1.807, 2.05) is 58.0 Å². The molecule has 0 atom stereocenters. The number of amides is 3. The molecule has 1 aromatic heterocycles. The van der Waals surface area contributed by atoms with Gasteiger partial charge in [-0.25, -0.2) is 4.79 Å². The van der Waals surface area contributed by atoms with E-state index in [-0.39, 0.29) is 5.75 Å². The summed E-state index contributed by atoms with van der Waals surface area (Å²) in [5.74, 6) is -0.432. The van der Waals surface area contributed by atoms with E-state index in [9.17, 15) is 9.59 Å². The van der Waals surface area contributed by atoms with Crippen molar-refractivity contribution in [3.8, 4) is 5.69 Å². The topological polar surface area (TPSA) is 102 Å². The highest BCUT2D eigenvalue weighted by molar-refractivity contribution is 7.99. The molecule has 0 aliphatic rings. The summed E-state index contributed by atoms with van der Waals surface area (Å²) in [6, 6.07) is 11.0. The molecule has 0 aliphatic heterocycles. The molecule has 0 spiro atoms. The molecule has 29 heavy (non-hydrogen) atoms. The molecule has 0 bridgehead atoms. The Morgan fingerprint density at radius 2 is 1.86 bits per heavy atom. The van der Waals surface area contributed by atoms with E-state index >= 15 is 0 Å². The van der Waals surface area contributed by atoms with Crippen LogP contribution in [-0.2, 0) is 4.79 Å². The van der Waals surface area contributed by atoms with Crippen LogP contribution in [0.2, 0.25) is 0 Å². The predicted molar refractivity (Wildman–Crippen MR) is 112 cm³/mol. The first-order chi connectivity index (χ1) is 13.8. The molecular weight excluding hydrogens is 388 g/mol. The number of rotatable bonds is 5. The van der Waals surface area contributed by atoms with Gasteiger partial charge in [-0.05, 0) is 66.9 Å². The monoisotopic (exact) mass is 410 g/mol. The number of carbonyl (C=O) groups excluding carboxylic acids is 2. The molecule has 3 aromatic rings. The van der Waals surface area contributed by atoms with E-state index in [4.69, 9.17) is 0 Å². The number of carbonyl (C=O) groups is 2. The Labute approximate surface area is 173 Å². The summed E-state index contributed by atoms with van der Waals surface area (Å²) in [5.41, 5.74) is 5.69. The van der Waals surface area contributed by atoms with Crippen LogP contribution in [0.3, 0.4) is 0 Å². The Kier molecular flexibility index (Phi) is 6.28. The maximum atomic E-state index is 12.2. The highest BCUT2D eigenvalue weighted by atomic mass is 32.2. The number of nitrogens with one attached hydrogen (secondary N) is 2. The molecule has 0 saturated carbocycles. The fourth-order valence-electron chi connectivity index (χ4n) is 2.80. The van der Waals surface area contributed by atoms with Gasteiger partial charge in [0, 0.05) is 5.69 Å². The smallest absolute Gasteiger partial charge is 0.307 e. The predicted octanol–water partition coefficient (Wildman–Crippen LogP) is 3.34. The van der Waals surface area contributed by atoms with E-state index < -0.39 is 11.9 Å². The van der Waals surface area contributed by atoms with E-state index in [0.29, 0.717) is 10.8 Å². The number of hydrogen-bond donors (Lipinski definition) is 2. The van der Waals surface area contributed by atoms with Crippen LogP contribution in [0, 0.1) is 27.7 Å². The molecule has 8 nitrogen and oxygen atoms in total. The zero-order valence-corrected chi connectivity index (χ0v) is 17.5. The van der Waals surface area contributed by atoms with Gasteiger partial charge in [-0.15, -0.1) is 5.10 Å². The molecule has 2 N–H and O–H groups in total. The van der Waals surface area contributed by atoms with E-state index in [0.717, 1.165) is 39.7 Å². The van der Waals surface area contributed by atoms with Crippen LogP contribution in [0.4, 0.5) is 10.5 Å². The number of aryl methyl sites for hydroxylation is 3. The van der Waals surface area contributed by atoms with Gasteiger partial charge in [-0.2, -0.15) is 4.68 Å². The molecule has 2 aromatic carbocycles. The minimum Gasteiger partial charge on any atom is -0.307 e. The number of imide groups is 1. The van der Waals surface area contributed by atoms with Crippen molar-refractivity contribution < 1.29 is 9.59 Å². The zero-order chi connectivity index (χ0) is 21.0. The minimum absolute atomic E-state index is 0.00546. The maximum Gasteiger partial charge on any atom is 0.325 e. The quantitative estimate of drug-likeness (QED) is 0.626. The van der Waals surface area contributed by atoms with Crippen molar-refractivity contribution in [2.45, 2.75) is 32.9 Å². The van der Waals surface area contributed by atoms with Crippen LogP contribution in [0.25, 0.3) is 5.69 Å². The molecule has 0 radical (unpaired) electrons. The lowest BCUT2D eigenvalue weighted by molar-refractivity contribution is -0.117. The Morgan fingerprint density at radius 3 is 2.62 bits per heavy atom. The van der Waals surface area contributed by atoms with Gasteiger partial charge in [-0.1, -0.05) is 41.6 Å². The molecule has 0 saturated heterocycles. The zero-order valence-electron chi connectivity index (χ0n) is 16.7. The van der Waals surface area contributed by atoms with Crippen molar-refractivity contribution >= 4 is 29.4 Å². The van der Waals surface area contributed by atoms with E-state index in [2.05, 4.69) is 26.2 Å². The van der Waals surface area contributed by atoms with Crippen LogP contribution in [0.5, 0.6) is 0 Å². The standard InChI is InChI=1S/C20H22N6O2S/c1-12-8-9-17(14(3)10-12)26-20(23-24-25-26)29-11-18(27)22-19(28)21-16-7-5-6-13(2)15(16)4/h5-10H,11H2,1-4H3,(H2,21,22,27,28). The van der Waals surface area contributed by atoms with Crippen LogP contribution >= 0.6 is 11.8 Å². The Hall–Kier alpha value is -3.20. The fraction of sp³-hybridized carbons (Fsp3) is 0.250. The molecule has 3 rings (SSSR count). The molecular formula is C20H22N6O2S. The van der Waals surface area contributed by atoms with Crippen LogP contribution < -0.4 is 10.6 Å². The molecule has 0 fully saturated rings. The number of urea groups is 1. The summed E-state index contributed by atoms with van der Waals surface area (Å²) in [6.45, 7) is 7.86. The second-order valence-electron chi connectivity index (χ2n) is 6.70. The van der Waals surface area contributed by atoms with Crippen molar-refractivity contribution in [3.63, 3.8) is 0 Å². The Balaban J connectivity index is 1.60. The Bertz CT molecular complexity index is 1060. The fourth-order valence-corrected chi connectivity index (χ4v) is 3.48. The van der Waals surface area contributed by atoms with Crippen molar-refractivity contribution in [1.29, 1.82) is 0 Å². The number of aromatic nitrogens is 4. The third-order valence-corrected chi connectivity index (χ3v) is 5.38. The lowest BCUT2D eigenvalue weighted by atomic mass is 10.1. The number of hydrogen-bond acceptors (Lipinski definition) is 6. The Morgan fingerprint density at radius 1 is 1.07 bits per heavy atom. The SMILES string of the molecule is Cc1ccc(-n2nnnc2SCC(=O)NC(=O)Nc2cccc(C)c2C)c(C)c1. The van der Waals surface area contributed by atoms with Crippen molar-refractivity contribution in [2.24, 2.45) is 0 Å². The molecule has 9 heteroatoms. The summed E-state index contributed by atoms with van der Waals surface area (Å²) >= 11 is 1.16. The van der Waals surface area contributed by atoms with Crippen molar-refractivity contribution in [1.82, 2.24) is 25.5 Å². The normalized spacial score (nSPS) is 10.6. The molecule has 3 amide bonds. The first-order valence-electron chi connectivity index (χ1n) is 9.01. The summed E-state index contributed by atoms with van der Waals surface area (Å²) in [5, 5.41) is 17.2. The summed E-state index contributed by atoms with van der Waals surface area (Å²) in [7, 11) is 0. The van der Waals surface area contributed by atoms with Gasteiger partial charge in [0.2, 0.25) is 11.1 Å². The number of thioether (sulfide) groups is 1. The van der Waals surface area contributed by atoms with Gasteiger partial charge in [0.15, 0.2) is 0 Å². The minimum atomic E-state index is -0.571. The van der Waals surface area contributed by atoms with Crippen molar-refractivity contribution in [3.05, 3.63) is 58.7 Å². The lowest BCUT2D eigenvalue weighted by Gasteiger charge is -2.11. The third kappa shape index (κ3) is 5.00. The number of nitrogens with zero attached hydrogens (tertiary/aromatic N) is 4. The average molecular weight is 411 g/mol. The lowest BCUT2D eigenvalue weighted by Crippen LogP contribution is -2.35. The highest BCUT2D eigenvalue weighted by Crippen LogP contribution is 2.21. The van der Waals surface area contributed by atoms with Gasteiger partial charge in [0.25, 0.3) is 0 Å². The third-order valence-electron chi connectivity index (χ3n) is 4.46. The second kappa shape index (κ2) is 8.87. The van der Waals surface area contributed by atoms with Gasteiger partial charge >= 0.3 is 6.03 Å². The van der Waals surface area contributed by atoms with Gasteiger partial charge < -0.3 is 5.32 Å². The summed E-state index contributed by atoms with van der Waals surface area (Å²) < 4.78 is 1.59. The largest absolute Gasteiger partial charge is 0.325 e. The van der Waals surface area contributed by atoms with Crippen LogP contribution in [0.15, 0.2) is 41.6 Å². The van der Waals surface area contributed by atoms with E-state index in [1.165, 1.54) is 0 Å². The van der Waals surface area contributed by atoms with Crippen LogP contribution in [0.1, 0.15) is 22.3 Å². The van der Waals surface area contributed by atoms with Crippen LogP contribution in [-0.4, -0.2) is 37.9 Å². The molecule has 0 aliphatic carbocycles. The first kappa shape index (κ1) is 20.5. The molecule has 150 valence electrons. The van der Waals surface area contributed by atoms with Gasteiger partial charge in [0.1, 0.15) is 0 Å². The maximum absolute atomic E-state index is 12.2. The summed E-state index contributed by atoms with van der Waals surface area (Å²) in [4.78, 5) is 24.3. The van der Waals surface area contributed by atoms with Crippen molar-refractivity contribution in [2.75, 3.05) is 11.1 Å². The highest BCUT2D eigenvalue weighted by Gasteiger charge is 2.15. The van der Waals surface area contributed by atoms with Gasteiger partial charge in [0.05, 0.1) is 11.4 Å². The molecule has 0 unspecified atom stereocenters. The number of anilines is 1. The first-order valence-corrected chi connectivity index (χ1v) is 9.99. The number of tetrazole rings is 1. The van der Waals surface area contributed by atoms with E-state index in [1.54, 1.807) is 10.7 Å². The van der Waals surface area contributed by atoms with Gasteiger partial charge in [-0.3, -0.25) is 10.1 Å².